The molecule has 2 aromatic heterocycles. The third-order valence-corrected chi connectivity index (χ3v) is 5.42. The monoisotopic (exact) mass is 468 g/mol. The Morgan fingerprint density at radius 3 is 2.55 bits per heavy atom. The number of aromatic nitrogens is 3. The zero-order valence-electron chi connectivity index (χ0n) is 15.9. The van der Waals surface area contributed by atoms with Gasteiger partial charge in [-0.05, 0) is 42.5 Å². The Kier molecular flexibility index (Phi) is 7.23. The molecule has 3 rings (SSSR count). The van der Waals surface area contributed by atoms with Crippen LogP contribution in [0.4, 0.5) is 18.9 Å². The maximum Gasteiger partial charge on any atom is 0.573 e. The lowest BCUT2D eigenvalue weighted by atomic mass is 10.2. The molecule has 1 atom stereocenters. The van der Waals surface area contributed by atoms with Crippen molar-refractivity contribution in [2.75, 3.05) is 11.6 Å². The van der Waals surface area contributed by atoms with Crippen molar-refractivity contribution < 1.29 is 26.9 Å². The molecule has 1 amide bonds. The lowest BCUT2D eigenvalue weighted by Crippen LogP contribution is -2.17. The van der Waals surface area contributed by atoms with E-state index < -0.39 is 23.1 Å². The van der Waals surface area contributed by atoms with E-state index in [1.54, 1.807) is 18.2 Å². The summed E-state index contributed by atoms with van der Waals surface area (Å²) in [6.45, 7) is 0. The van der Waals surface area contributed by atoms with Gasteiger partial charge >= 0.3 is 6.36 Å². The summed E-state index contributed by atoms with van der Waals surface area (Å²) in [5.74, 6) is -0.494. The molecule has 1 unspecified atom stereocenters. The number of amides is 1. The molecule has 1 N–H and O–H groups in total. The van der Waals surface area contributed by atoms with Crippen LogP contribution in [0.5, 0.6) is 5.75 Å². The van der Waals surface area contributed by atoms with Gasteiger partial charge in [0.2, 0.25) is 5.16 Å². The number of nitrogens with one attached hydrogen (secondary N) is 1. The van der Waals surface area contributed by atoms with Crippen LogP contribution in [0.3, 0.4) is 0 Å². The van der Waals surface area contributed by atoms with Gasteiger partial charge in [-0.25, -0.2) is 15.0 Å². The maximum atomic E-state index is 12.7. The van der Waals surface area contributed by atoms with Gasteiger partial charge in [0.25, 0.3) is 5.91 Å². The fraction of sp³-hybridized carbons (Fsp3) is 0.158. The Hall–Kier alpha value is -2.99. The molecule has 31 heavy (non-hydrogen) atoms. The van der Waals surface area contributed by atoms with Crippen molar-refractivity contribution in [3.63, 3.8) is 0 Å². The molecular weight excluding hydrogens is 453 g/mol. The fourth-order valence-corrected chi connectivity index (χ4v) is 3.71. The van der Waals surface area contributed by atoms with E-state index >= 15 is 0 Å². The van der Waals surface area contributed by atoms with Crippen LogP contribution >= 0.6 is 11.8 Å². The molecule has 3 aromatic rings. The van der Waals surface area contributed by atoms with Crippen molar-refractivity contribution >= 4 is 34.2 Å². The highest BCUT2D eigenvalue weighted by molar-refractivity contribution is 7.98. The zero-order chi connectivity index (χ0) is 22.4. The van der Waals surface area contributed by atoms with Gasteiger partial charge < -0.3 is 10.1 Å². The normalized spacial score (nSPS) is 12.3. The van der Waals surface area contributed by atoms with Crippen LogP contribution in [-0.2, 0) is 16.6 Å². The van der Waals surface area contributed by atoms with Gasteiger partial charge in [0.1, 0.15) is 10.8 Å². The number of carbonyl (C=O) groups excluding carboxylic acids is 1. The SMILES string of the molecule is CS(=O)c1nccc(CSc2ncccc2C(=O)Nc2ccc(OC(F)(F)F)cc2)n1. The summed E-state index contributed by atoms with van der Waals surface area (Å²) in [6.07, 6.45) is -0.259. The minimum atomic E-state index is -4.79. The van der Waals surface area contributed by atoms with E-state index in [0.29, 0.717) is 22.2 Å². The molecule has 2 heterocycles. The molecular formula is C19H15F3N4O3S2. The predicted octanol–water partition coefficient (Wildman–Crippen LogP) is 4.05. The maximum absolute atomic E-state index is 12.7. The van der Waals surface area contributed by atoms with Crippen LogP contribution in [0, 0.1) is 0 Å². The topological polar surface area (TPSA) is 94.1 Å². The number of anilines is 1. The number of ether oxygens (including phenoxy) is 1. The van der Waals surface area contributed by atoms with Gasteiger partial charge in [-0.1, -0.05) is 11.8 Å². The van der Waals surface area contributed by atoms with E-state index in [1.165, 1.54) is 42.5 Å². The molecule has 0 aliphatic carbocycles. The highest BCUT2D eigenvalue weighted by Crippen LogP contribution is 2.26. The van der Waals surface area contributed by atoms with Gasteiger partial charge in [0.15, 0.2) is 0 Å². The molecule has 0 bridgehead atoms. The zero-order valence-corrected chi connectivity index (χ0v) is 17.6. The molecule has 162 valence electrons. The second kappa shape index (κ2) is 9.88. The van der Waals surface area contributed by atoms with Crippen LogP contribution in [0.2, 0.25) is 0 Å². The van der Waals surface area contributed by atoms with Crippen LogP contribution in [0.15, 0.2) is 65.0 Å². The molecule has 0 spiro atoms. The first-order valence-corrected chi connectivity index (χ1v) is 11.2. The Morgan fingerprint density at radius 2 is 1.87 bits per heavy atom. The molecule has 0 aliphatic heterocycles. The van der Waals surface area contributed by atoms with Gasteiger partial charge in [0, 0.05) is 30.1 Å². The van der Waals surface area contributed by atoms with Crippen molar-refractivity contribution in [3.8, 4) is 5.75 Å². The van der Waals surface area contributed by atoms with Crippen molar-refractivity contribution in [2.45, 2.75) is 22.3 Å². The lowest BCUT2D eigenvalue weighted by molar-refractivity contribution is -0.274. The minimum Gasteiger partial charge on any atom is -0.406 e. The number of hydrogen-bond acceptors (Lipinski definition) is 7. The van der Waals surface area contributed by atoms with Crippen LogP contribution < -0.4 is 10.1 Å². The average Bonchev–Trinajstić information content (AvgIpc) is 2.73. The van der Waals surface area contributed by atoms with Crippen molar-refractivity contribution in [3.05, 3.63) is 66.1 Å². The minimum absolute atomic E-state index is 0.218. The number of carbonyl (C=O) groups is 1. The van der Waals surface area contributed by atoms with Crippen molar-refractivity contribution in [1.82, 2.24) is 15.0 Å². The van der Waals surface area contributed by atoms with E-state index in [-0.39, 0.29) is 16.5 Å². The first-order valence-electron chi connectivity index (χ1n) is 8.61. The number of benzene rings is 1. The molecule has 0 aliphatic rings. The number of pyridine rings is 1. The predicted molar refractivity (Wildman–Crippen MR) is 109 cm³/mol. The van der Waals surface area contributed by atoms with E-state index in [1.807, 2.05) is 0 Å². The summed E-state index contributed by atoms with van der Waals surface area (Å²) in [7, 11) is -1.31. The summed E-state index contributed by atoms with van der Waals surface area (Å²) in [4.78, 5) is 25.0. The van der Waals surface area contributed by atoms with Crippen LogP contribution in [-0.4, -0.2) is 37.7 Å². The van der Waals surface area contributed by atoms with Crippen LogP contribution in [0.1, 0.15) is 16.1 Å². The Labute approximate surface area is 181 Å². The third kappa shape index (κ3) is 6.76. The number of thioether (sulfide) groups is 1. The number of nitrogens with zero attached hydrogens (tertiary/aromatic N) is 3. The highest BCUT2D eigenvalue weighted by atomic mass is 32.2. The Bertz CT molecular complexity index is 1100. The molecule has 1 aromatic carbocycles. The molecule has 0 radical (unpaired) electrons. The molecule has 7 nitrogen and oxygen atoms in total. The Morgan fingerprint density at radius 1 is 1.13 bits per heavy atom. The molecule has 0 fully saturated rings. The summed E-state index contributed by atoms with van der Waals surface area (Å²) >= 11 is 1.26. The van der Waals surface area contributed by atoms with Crippen LogP contribution in [0.25, 0.3) is 0 Å². The summed E-state index contributed by atoms with van der Waals surface area (Å²) in [5, 5.41) is 3.27. The quantitative estimate of drug-likeness (QED) is 0.413. The Balaban J connectivity index is 1.69. The highest BCUT2D eigenvalue weighted by Gasteiger charge is 2.31. The average molecular weight is 468 g/mol. The first kappa shape index (κ1) is 22.7. The molecule has 0 saturated heterocycles. The van der Waals surface area contributed by atoms with Gasteiger partial charge in [-0.3, -0.25) is 9.00 Å². The van der Waals surface area contributed by atoms with E-state index in [0.717, 1.165) is 12.1 Å². The standard InChI is InChI=1S/C19H15F3N4O3S2/c1-31(28)18-24-10-8-13(26-18)11-30-17-15(3-2-9-23-17)16(27)25-12-4-6-14(7-5-12)29-19(20,21)22/h2-10H,11H2,1H3,(H,25,27). The van der Waals surface area contributed by atoms with Crippen molar-refractivity contribution in [2.24, 2.45) is 0 Å². The van der Waals surface area contributed by atoms with Gasteiger partial charge in [-0.15, -0.1) is 13.2 Å². The summed E-state index contributed by atoms with van der Waals surface area (Å²) in [5.41, 5.74) is 1.21. The molecule has 0 saturated carbocycles. The van der Waals surface area contributed by atoms with E-state index in [9.17, 15) is 22.2 Å². The number of halogens is 3. The molecule has 12 heteroatoms. The van der Waals surface area contributed by atoms with Gasteiger partial charge in [0.05, 0.1) is 22.1 Å². The second-order valence-corrected chi connectivity index (χ2v) is 8.19. The van der Waals surface area contributed by atoms with E-state index in [2.05, 4.69) is 25.0 Å². The van der Waals surface area contributed by atoms with Crippen molar-refractivity contribution in [1.29, 1.82) is 0 Å². The third-order valence-electron chi connectivity index (χ3n) is 3.67. The fourth-order valence-electron chi connectivity index (χ4n) is 2.35. The largest absolute Gasteiger partial charge is 0.573 e. The van der Waals surface area contributed by atoms with E-state index in [4.69, 9.17) is 0 Å². The summed E-state index contributed by atoms with van der Waals surface area (Å²) in [6, 6.07) is 9.67. The number of rotatable bonds is 7. The number of alkyl halides is 3. The van der Waals surface area contributed by atoms with Gasteiger partial charge in [-0.2, -0.15) is 0 Å². The first-order chi connectivity index (χ1) is 14.7. The smallest absolute Gasteiger partial charge is 0.406 e. The number of hydrogen-bond donors (Lipinski definition) is 1. The summed E-state index contributed by atoms with van der Waals surface area (Å²) < 4.78 is 52.1. The lowest BCUT2D eigenvalue weighted by Gasteiger charge is -2.11. The second-order valence-electron chi connectivity index (χ2n) is 5.96.